The second-order valence-electron chi connectivity index (χ2n) is 10.4. The molecule has 3 aromatic rings. The quantitative estimate of drug-likeness (QED) is 0.297. The van der Waals surface area contributed by atoms with Crippen LogP contribution in [0.3, 0.4) is 0 Å². The Morgan fingerprint density at radius 1 is 0.829 bits per heavy atom. The van der Waals surface area contributed by atoms with Crippen LogP contribution in [-0.2, 0) is 32.1 Å². The van der Waals surface area contributed by atoms with Crippen LogP contribution in [0.15, 0.2) is 103 Å². The Labute approximate surface area is 241 Å². The Morgan fingerprint density at radius 2 is 1.41 bits per heavy atom. The average molecular weight is 555 g/mol. The van der Waals surface area contributed by atoms with E-state index >= 15 is 0 Å². The molecule has 0 fully saturated rings. The fraction of sp³-hybridized carbons (Fsp3) is 0.324. The van der Waals surface area contributed by atoms with Crippen LogP contribution in [0.2, 0.25) is 0 Å². The van der Waals surface area contributed by atoms with Crippen LogP contribution < -0.4 is 5.32 Å². The van der Waals surface area contributed by atoms with Crippen molar-refractivity contribution in [3.8, 4) is 0 Å². The molecule has 7 nitrogen and oxygen atoms in total. The highest BCUT2D eigenvalue weighted by molar-refractivity contribution is 5.86. The Bertz CT molecular complexity index is 1280. The lowest BCUT2D eigenvalue weighted by molar-refractivity contribution is -0.150. The maximum absolute atomic E-state index is 13.6. The fourth-order valence-corrected chi connectivity index (χ4v) is 5.00. The highest BCUT2D eigenvalue weighted by Crippen LogP contribution is 2.22. The molecule has 1 aliphatic heterocycles. The molecule has 2 amide bonds. The van der Waals surface area contributed by atoms with Crippen molar-refractivity contribution in [2.24, 2.45) is 11.8 Å². The number of esters is 1. The van der Waals surface area contributed by atoms with Gasteiger partial charge in [-0.2, -0.15) is 0 Å². The Morgan fingerprint density at radius 3 is 2.05 bits per heavy atom. The van der Waals surface area contributed by atoms with E-state index in [0.717, 1.165) is 16.7 Å². The number of amides is 2. The minimum atomic E-state index is -0.621. The lowest BCUT2D eigenvalue weighted by atomic mass is 9.94. The zero-order chi connectivity index (χ0) is 28.9. The normalized spacial score (nSPS) is 19.8. The van der Waals surface area contributed by atoms with Crippen LogP contribution in [0.25, 0.3) is 0 Å². The highest BCUT2D eigenvalue weighted by Gasteiger charge is 2.28. The first-order valence-electron chi connectivity index (χ1n) is 14.2. The summed E-state index contributed by atoms with van der Waals surface area (Å²) >= 11 is 0. The van der Waals surface area contributed by atoms with Crippen molar-refractivity contribution in [2.45, 2.75) is 38.3 Å². The van der Waals surface area contributed by atoms with Gasteiger partial charge < -0.3 is 20.1 Å². The monoisotopic (exact) mass is 554 g/mol. The molecule has 3 atom stereocenters. The van der Waals surface area contributed by atoms with Crippen LogP contribution in [0.4, 0.5) is 0 Å². The maximum Gasteiger partial charge on any atom is 0.309 e. The third-order valence-electron chi connectivity index (χ3n) is 7.31. The number of allylic oxidation sites excluding steroid dienone is 2. The summed E-state index contributed by atoms with van der Waals surface area (Å²) in [5.74, 6) is -1.77. The van der Waals surface area contributed by atoms with Crippen molar-refractivity contribution in [3.63, 3.8) is 0 Å². The molecule has 1 heterocycles. The van der Waals surface area contributed by atoms with Crippen molar-refractivity contribution in [2.75, 3.05) is 19.8 Å². The SMILES string of the molecule is O=C1NC(c2ccccc2)COC(=O)C(Cc2ccccc2)CC=CCC1CC(=O)N(CCO)Cc1ccccc1. The third kappa shape index (κ3) is 9.15. The Kier molecular flexibility index (Phi) is 11.3. The number of nitrogens with one attached hydrogen (secondary N) is 1. The summed E-state index contributed by atoms with van der Waals surface area (Å²) in [6, 6.07) is 28.3. The number of hydrogen-bond donors (Lipinski definition) is 2. The summed E-state index contributed by atoms with van der Waals surface area (Å²) in [4.78, 5) is 41.7. The topological polar surface area (TPSA) is 95.9 Å². The van der Waals surface area contributed by atoms with E-state index in [1.165, 1.54) is 0 Å². The van der Waals surface area contributed by atoms with E-state index in [0.29, 0.717) is 25.8 Å². The molecule has 0 saturated heterocycles. The summed E-state index contributed by atoms with van der Waals surface area (Å²) in [6.45, 7) is 0.365. The number of aliphatic hydroxyl groups is 1. The molecule has 2 N–H and O–H groups in total. The van der Waals surface area contributed by atoms with Crippen LogP contribution >= 0.6 is 0 Å². The predicted octanol–water partition coefficient (Wildman–Crippen LogP) is 4.62. The van der Waals surface area contributed by atoms with Crippen molar-refractivity contribution < 1.29 is 24.2 Å². The summed E-state index contributed by atoms with van der Waals surface area (Å²) in [5.41, 5.74) is 2.82. The van der Waals surface area contributed by atoms with Crippen molar-refractivity contribution >= 4 is 17.8 Å². The fourth-order valence-electron chi connectivity index (χ4n) is 5.00. The highest BCUT2D eigenvalue weighted by atomic mass is 16.5. The van der Waals surface area contributed by atoms with E-state index in [2.05, 4.69) is 5.32 Å². The van der Waals surface area contributed by atoms with Gasteiger partial charge in [-0.1, -0.05) is 103 Å². The lowest BCUT2D eigenvalue weighted by Crippen LogP contribution is -2.40. The lowest BCUT2D eigenvalue weighted by Gasteiger charge is -2.27. The number of nitrogens with zero attached hydrogens (tertiary/aromatic N) is 1. The Hall–Kier alpha value is -4.23. The molecule has 0 aliphatic carbocycles. The number of ether oxygens (including phenoxy) is 1. The van der Waals surface area contributed by atoms with Crippen molar-refractivity contribution in [1.29, 1.82) is 0 Å². The zero-order valence-electron chi connectivity index (χ0n) is 23.2. The van der Waals surface area contributed by atoms with Gasteiger partial charge in [-0.15, -0.1) is 0 Å². The molecular formula is C34H38N2O5. The second-order valence-corrected chi connectivity index (χ2v) is 10.4. The first-order valence-corrected chi connectivity index (χ1v) is 14.2. The number of aliphatic hydroxyl groups excluding tert-OH is 1. The molecule has 3 aromatic carbocycles. The van der Waals surface area contributed by atoms with Crippen molar-refractivity contribution in [1.82, 2.24) is 10.2 Å². The second kappa shape index (κ2) is 15.5. The largest absolute Gasteiger partial charge is 0.463 e. The molecule has 41 heavy (non-hydrogen) atoms. The summed E-state index contributed by atoms with van der Waals surface area (Å²) < 4.78 is 5.78. The number of cyclic esters (lactones) is 1. The van der Waals surface area contributed by atoms with Gasteiger partial charge in [0.15, 0.2) is 0 Å². The van der Waals surface area contributed by atoms with E-state index in [-0.39, 0.29) is 49.9 Å². The zero-order valence-corrected chi connectivity index (χ0v) is 23.2. The molecule has 214 valence electrons. The molecule has 4 rings (SSSR count). The third-order valence-corrected chi connectivity index (χ3v) is 7.31. The number of carbonyl (C=O) groups is 3. The molecular weight excluding hydrogens is 516 g/mol. The number of benzene rings is 3. The van der Waals surface area contributed by atoms with E-state index in [9.17, 15) is 19.5 Å². The molecule has 0 aromatic heterocycles. The standard InChI is InChI=1S/C34H38N2O5/c37-21-20-36(24-27-14-6-2-7-15-27)32(38)23-29-18-10-11-19-30(22-26-12-4-1-5-13-26)34(40)41-25-31(35-33(29)39)28-16-8-3-9-17-28/h1-17,29-31,37H,18-25H2,(H,35,39). The predicted molar refractivity (Wildman–Crippen MR) is 157 cm³/mol. The summed E-state index contributed by atoms with van der Waals surface area (Å²) in [6.07, 6.45) is 5.16. The smallest absolute Gasteiger partial charge is 0.309 e. The van der Waals surface area contributed by atoms with E-state index in [4.69, 9.17) is 4.74 Å². The van der Waals surface area contributed by atoms with Crippen molar-refractivity contribution in [3.05, 3.63) is 120 Å². The first-order chi connectivity index (χ1) is 20.0. The van der Waals surface area contributed by atoms with Gasteiger partial charge in [0.1, 0.15) is 6.61 Å². The molecule has 0 saturated carbocycles. The van der Waals surface area contributed by atoms with Gasteiger partial charge in [-0.3, -0.25) is 14.4 Å². The van der Waals surface area contributed by atoms with Gasteiger partial charge in [-0.05, 0) is 36.0 Å². The van der Waals surface area contributed by atoms with E-state index in [1.807, 2.05) is 103 Å². The van der Waals surface area contributed by atoms with Crippen LogP contribution in [0, 0.1) is 11.8 Å². The van der Waals surface area contributed by atoms with Gasteiger partial charge in [-0.25, -0.2) is 0 Å². The molecule has 0 spiro atoms. The van der Waals surface area contributed by atoms with Crippen LogP contribution in [0.1, 0.15) is 42.0 Å². The number of rotatable bonds is 9. The summed E-state index contributed by atoms with van der Waals surface area (Å²) in [7, 11) is 0. The molecule has 3 unspecified atom stereocenters. The minimum absolute atomic E-state index is 0.00223. The molecule has 0 radical (unpaired) electrons. The average Bonchev–Trinajstić information content (AvgIpc) is 3.00. The summed E-state index contributed by atoms with van der Waals surface area (Å²) in [5, 5.41) is 12.7. The van der Waals surface area contributed by atoms with Gasteiger partial charge in [0.25, 0.3) is 0 Å². The van der Waals surface area contributed by atoms with Gasteiger partial charge in [0, 0.05) is 19.5 Å². The number of carbonyl (C=O) groups excluding carboxylic acids is 3. The molecule has 0 bridgehead atoms. The Balaban J connectivity index is 1.55. The maximum atomic E-state index is 13.6. The van der Waals surface area contributed by atoms with Gasteiger partial charge >= 0.3 is 5.97 Å². The minimum Gasteiger partial charge on any atom is -0.463 e. The van der Waals surface area contributed by atoms with Crippen LogP contribution in [-0.4, -0.2) is 47.5 Å². The molecule has 7 heteroatoms. The van der Waals surface area contributed by atoms with E-state index < -0.39 is 12.0 Å². The van der Waals surface area contributed by atoms with Gasteiger partial charge in [0.05, 0.1) is 24.5 Å². The van der Waals surface area contributed by atoms with E-state index in [1.54, 1.807) is 4.90 Å². The number of hydrogen-bond acceptors (Lipinski definition) is 5. The molecule has 1 aliphatic rings. The first kappa shape index (κ1) is 29.7. The van der Waals surface area contributed by atoms with Gasteiger partial charge in [0.2, 0.25) is 11.8 Å². The van der Waals surface area contributed by atoms with Crippen LogP contribution in [0.5, 0.6) is 0 Å².